The summed E-state index contributed by atoms with van der Waals surface area (Å²) in [6.07, 6.45) is 4.40. The monoisotopic (exact) mass is 571 g/mol. The number of anilines is 1. The highest BCUT2D eigenvalue weighted by Gasteiger charge is 2.48. The lowest BCUT2D eigenvalue weighted by molar-refractivity contribution is -0.132. The predicted octanol–water partition coefficient (Wildman–Crippen LogP) is 6.82. The summed E-state index contributed by atoms with van der Waals surface area (Å²) in [5.41, 5.74) is 0.0476. The molecule has 0 amide bonds. The van der Waals surface area contributed by atoms with E-state index in [0.717, 1.165) is 16.8 Å². The second-order valence-electron chi connectivity index (χ2n) is 10.4. The molecule has 1 aliphatic heterocycles. The lowest BCUT2D eigenvalue weighted by Gasteiger charge is -2.44. The Labute approximate surface area is 230 Å². The number of nitrogens with zero attached hydrogens (tertiary/aromatic N) is 1. The van der Waals surface area contributed by atoms with Crippen LogP contribution in [0.5, 0.6) is 5.75 Å². The van der Waals surface area contributed by atoms with Crippen LogP contribution >= 0.6 is 0 Å². The standard InChI is InChI=1S/C30H28F3NO5S/c1-18(29(35)36)15-20-3-5-23(6-4-20)28-27-14-13-26(39-40(37,38)30(31,32)33)17-24(27)16-19(2)34(28)25-11-9-22(10-12-25)21-7-8-21/h3-6,9-15,17,19,21,28H,7-8,16H2,1-2H3,(H,35,36)/b18-15+/t19-,28-/m0/s1. The Morgan fingerprint density at radius 3 is 2.20 bits per heavy atom. The molecule has 1 heterocycles. The molecule has 6 nitrogen and oxygen atoms in total. The topological polar surface area (TPSA) is 83.9 Å². The van der Waals surface area contributed by atoms with Crippen molar-refractivity contribution in [2.75, 3.05) is 4.90 Å². The number of hydrogen-bond donors (Lipinski definition) is 1. The number of hydrogen-bond acceptors (Lipinski definition) is 5. The highest BCUT2D eigenvalue weighted by molar-refractivity contribution is 7.88. The van der Waals surface area contributed by atoms with E-state index in [1.807, 2.05) is 31.2 Å². The number of fused-ring (bicyclic) bond motifs is 1. The highest BCUT2D eigenvalue weighted by atomic mass is 32.2. The molecule has 0 bridgehead atoms. The molecule has 1 fully saturated rings. The van der Waals surface area contributed by atoms with Crippen LogP contribution < -0.4 is 9.08 Å². The molecule has 1 aliphatic carbocycles. The fourth-order valence-electron chi connectivity index (χ4n) is 5.24. The smallest absolute Gasteiger partial charge is 0.478 e. The third kappa shape index (κ3) is 5.58. The summed E-state index contributed by atoms with van der Waals surface area (Å²) in [5.74, 6) is -0.801. The summed E-state index contributed by atoms with van der Waals surface area (Å²) >= 11 is 0. The highest BCUT2D eigenvalue weighted by Crippen LogP contribution is 2.44. The van der Waals surface area contributed by atoms with Crippen LogP contribution in [0.4, 0.5) is 18.9 Å². The Morgan fingerprint density at radius 1 is 1.00 bits per heavy atom. The zero-order valence-electron chi connectivity index (χ0n) is 21.9. The van der Waals surface area contributed by atoms with Gasteiger partial charge in [-0.3, -0.25) is 0 Å². The fraction of sp³-hybridized carbons (Fsp3) is 0.300. The van der Waals surface area contributed by atoms with E-state index in [9.17, 15) is 31.5 Å². The number of rotatable bonds is 7. The molecule has 0 saturated heterocycles. The van der Waals surface area contributed by atoms with Gasteiger partial charge < -0.3 is 14.2 Å². The van der Waals surface area contributed by atoms with Crippen molar-refractivity contribution in [2.45, 2.75) is 56.6 Å². The molecule has 2 atom stereocenters. The van der Waals surface area contributed by atoms with Crippen LogP contribution in [0.1, 0.15) is 66.5 Å². The second kappa shape index (κ2) is 10.3. The van der Waals surface area contributed by atoms with Crippen LogP contribution in [0.15, 0.2) is 72.3 Å². The fourth-order valence-corrected chi connectivity index (χ4v) is 5.69. The average molecular weight is 572 g/mol. The molecule has 0 spiro atoms. The average Bonchev–Trinajstić information content (AvgIpc) is 3.73. The maximum absolute atomic E-state index is 12.9. The van der Waals surface area contributed by atoms with Crippen molar-refractivity contribution in [2.24, 2.45) is 0 Å². The Kier molecular flexibility index (Phi) is 7.16. The molecule has 40 heavy (non-hydrogen) atoms. The van der Waals surface area contributed by atoms with E-state index in [-0.39, 0.29) is 17.7 Å². The summed E-state index contributed by atoms with van der Waals surface area (Å²) in [4.78, 5) is 13.5. The van der Waals surface area contributed by atoms with Crippen molar-refractivity contribution < 1.29 is 35.7 Å². The number of carboxylic acids is 1. The van der Waals surface area contributed by atoms with Crippen LogP contribution in [0.3, 0.4) is 0 Å². The van der Waals surface area contributed by atoms with Gasteiger partial charge in [-0.1, -0.05) is 42.5 Å². The lowest BCUT2D eigenvalue weighted by atomic mass is 9.84. The van der Waals surface area contributed by atoms with E-state index in [0.29, 0.717) is 23.5 Å². The van der Waals surface area contributed by atoms with Gasteiger partial charge in [0.1, 0.15) is 5.75 Å². The Morgan fingerprint density at radius 2 is 1.62 bits per heavy atom. The number of benzene rings is 3. The molecular formula is C30H28F3NO5S. The number of alkyl halides is 3. The minimum atomic E-state index is -5.79. The third-order valence-corrected chi connectivity index (χ3v) is 8.36. The predicted molar refractivity (Wildman–Crippen MR) is 146 cm³/mol. The van der Waals surface area contributed by atoms with Crippen LogP contribution in [0.2, 0.25) is 0 Å². The van der Waals surface area contributed by atoms with Crippen molar-refractivity contribution >= 4 is 27.9 Å². The Hall–Kier alpha value is -3.79. The summed E-state index contributed by atoms with van der Waals surface area (Å²) in [5, 5.41) is 9.21. The number of halogens is 3. The van der Waals surface area contributed by atoms with Crippen LogP contribution in [0.25, 0.3) is 6.08 Å². The molecule has 210 valence electrons. The zero-order valence-corrected chi connectivity index (χ0v) is 22.7. The summed E-state index contributed by atoms with van der Waals surface area (Å²) in [6.45, 7) is 3.53. The molecule has 1 saturated carbocycles. The molecule has 3 aromatic carbocycles. The third-order valence-electron chi connectivity index (χ3n) is 7.38. The number of aliphatic carboxylic acids is 1. The van der Waals surface area contributed by atoms with Crippen molar-refractivity contribution in [1.82, 2.24) is 0 Å². The van der Waals surface area contributed by atoms with Gasteiger partial charge in [0.2, 0.25) is 0 Å². The largest absolute Gasteiger partial charge is 0.534 e. The first-order valence-electron chi connectivity index (χ1n) is 12.9. The first-order valence-corrected chi connectivity index (χ1v) is 14.3. The van der Waals surface area contributed by atoms with E-state index in [1.165, 1.54) is 37.5 Å². The van der Waals surface area contributed by atoms with E-state index in [4.69, 9.17) is 0 Å². The quantitative estimate of drug-likeness (QED) is 0.190. The SMILES string of the molecule is C/C(=C\c1ccc([C@H]2c3ccc(OS(=O)(=O)C(F)(F)F)cc3C[C@H](C)N2c2ccc(C3CC3)cc2)cc1)C(=O)O. The summed E-state index contributed by atoms with van der Waals surface area (Å²) in [7, 11) is -5.79. The summed E-state index contributed by atoms with van der Waals surface area (Å²) in [6, 6.07) is 19.7. The minimum absolute atomic E-state index is 0.0902. The van der Waals surface area contributed by atoms with Crippen LogP contribution in [-0.2, 0) is 21.3 Å². The second-order valence-corrected chi connectivity index (χ2v) is 11.9. The zero-order chi connectivity index (χ0) is 28.8. The van der Waals surface area contributed by atoms with Crippen molar-refractivity contribution in [1.29, 1.82) is 0 Å². The van der Waals surface area contributed by atoms with Crippen molar-refractivity contribution in [3.05, 3.63) is 100 Å². The molecule has 2 aliphatic rings. The molecule has 1 N–H and O–H groups in total. The molecule has 5 rings (SSSR count). The van der Waals surface area contributed by atoms with Gasteiger partial charge in [-0.15, -0.1) is 0 Å². The van der Waals surface area contributed by atoms with E-state index in [2.05, 4.69) is 33.3 Å². The van der Waals surface area contributed by atoms with E-state index < -0.39 is 27.3 Å². The molecule has 0 unspecified atom stereocenters. The van der Waals surface area contributed by atoms with Crippen molar-refractivity contribution in [3.8, 4) is 5.75 Å². The Balaban J connectivity index is 1.56. The van der Waals surface area contributed by atoms with Gasteiger partial charge in [-0.2, -0.15) is 21.6 Å². The van der Waals surface area contributed by atoms with Gasteiger partial charge in [0.05, 0.1) is 6.04 Å². The lowest BCUT2D eigenvalue weighted by Crippen LogP contribution is -2.43. The number of carbonyl (C=O) groups is 1. The molecule has 10 heteroatoms. The minimum Gasteiger partial charge on any atom is -0.478 e. The molecule has 0 radical (unpaired) electrons. The summed E-state index contributed by atoms with van der Waals surface area (Å²) < 4.78 is 66.4. The van der Waals surface area contributed by atoms with E-state index in [1.54, 1.807) is 12.1 Å². The van der Waals surface area contributed by atoms with Gasteiger partial charge in [-0.05, 0) is 97.2 Å². The molecular weight excluding hydrogens is 543 g/mol. The van der Waals surface area contributed by atoms with Crippen molar-refractivity contribution in [3.63, 3.8) is 0 Å². The maximum atomic E-state index is 12.9. The first kappa shape index (κ1) is 27.8. The van der Waals surface area contributed by atoms with Gasteiger partial charge in [0.15, 0.2) is 0 Å². The van der Waals surface area contributed by atoms with Gasteiger partial charge in [0.25, 0.3) is 0 Å². The molecule has 3 aromatic rings. The van der Waals surface area contributed by atoms with E-state index >= 15 is 0 Å². The van der Waals surface area contributed by atoms with Gasteiger partial charge in [0, 0.05) is 17.3 Å². The maximum Gasteiger partial charge on any atom is 0.534 e. The van der Waals surface area contributed by atoms with Gasteiger partial charge >= 0.3 is 21.6 Å². The van der Waals surface area contributed by atoms with Crippen LogP contribution in [-0.4, -0.2) is 31.0 Å². The normalized spacial score (nSPS) is 19.7. The first-order chi connectivity index (χ1) is 18.8. The Bertz CT molecular complexity index is 1560. The number of carboxylic acid groups (broad SMARTS) is 1. The van der Waals surface area contributed by atoms with Crippen LogP contribution in [0, 0.1) is 0 Å². The van der Waals surface area contributed by atoms with Gasteiger partial charge in [-0.25, -0.2) is 4.79 Å². The molecule has 0 aromatic heterocycles.